The number of nitrogens with one attached hydrogen (secondary N) is 2. The zero-order chi connectivity index (χ0) is 16.2. The second-order valence-corrected chi connectivity index (χ2v) is 6.50. The van der Waals surface area contributed by atoms with Crippen molar-refractivity contribution in [2.75, 3.05) is 6.54 Å². The van der Waals surface area contributed by atoms with Crippen LogP contribution in [0.25, 0.3) is 0 Å². The van der Waals surface area contributed by atoms with Gasteiger partial charge in [-0.25, -0.2) is 9.78 Å². The normalized spacial score (nSPS) is 13.5. The third-order valence-electron chi connectivity index (χ3n) is 3.30. The lowest BCUT2D eigenvalue weighted by molar-refractivity contribution is 0.0595. The summed E-state index contributed by atoms with van der Waals surface area (Å²) < 4.78 is 0. The van der Waals surface area contributed by atoms with Crippen molar-refractivity contribution in [3.8, 4) is 0 Å². The molecule has 1 aromatic heterocycles. The highest BCUT2D eigenvalue weighted by Crippen LogP contribution is 2.27. The molecule has 0 saturated heterocycles. The van der Waals surface area contributed by atoms with Crippen LogP contribution in [0.1, 0.15) is 23.1 Å². The molecule has 1 aromatic carbocycles. The summed E-state index contributed by atoms with van der Waals surface area (Å²) >= 11 is 7.57. The lowest BCUT2D eigenvalue weighted by Gasteiger charge is -2.25. The van der Waals surface area contributed by atoms with Crippen molar-refractivity contribution < 1.29 is 9.90 Å². The number of carbonyl (C=O) groups is 1. The van der Waals surface area contributed by atoms with Crippen LogP contribution in [0.15, 0.2) is 29.8 Å². The van der Waals surface area contributed by atoms with Crippen molar-refractivity contribution in [3.63, 3.8) is 0 Å². The molecule has 0 radical (unpaired) electrons. The predicted molar refractivity (Wildman–Crippen MR) is 88.1 cm³/mol. The molecule has 0 spiro atoms. The lowest BCUT2D eigenvalue weighted by atomic mass is 9.96. The van der Waals surface area contributed by atoms with E-state index in [4.69, 9.17) is 11.6 Å². The third-order valence-corrected chi connectivity index (χ3v) is 4.57. The molecule has 0 saturated carbocycles. The number of nitrogens with zero attached hydrogens (tertiary/aromatic N) is 1. The Balaban J connectivity index is 1.88. The molecule has 2 aromatic rings. The number of halogens is 1. The number of aliphatic hydroxyl groups is 1. The number of benzene rings is 1. The van der Waals surface area contributed by atoms with Gasteiger partial charge in [-0.2, -0.15) is 0 Å². The second kappa shape index (κ2) is 7.09. The van der Waals surface area contributed by atoms with Gasteiger partial charge < -0.3 is 15.7 Å². The first-order chi connectivity index (χ1) is 10.4. The summed E-state index contributed by atoms with van der Waals surface area (Å²) in [6, 6.07) is 6.68. The van der Waals surface area contributed by atoms with Crippen LogP contribution in [-0.4, -0.2) is 22.7 Å². The van der Waals surface area contributed by atoms with Crippen LogP contribution in [0.4, 0.5) is 4.79 Å². The van der Waals surface area contributed by atoms with Gasteiger partial charge in [-0.1, -0.05) is 29.8 Å². The number of aromatic nitrogens is 1. The van der Waals surface area contributed by atoms with Crippen molar-refractivity contribution in [2.45, 2.75) is 26.0 Å². The first-order valence-electron chi connectivity index (χ1n) is 6.78. The fourth-order valence-electron chi connectivity index (χ4n) is 1.96. The van der Waals surface area contributed by atoms with Gasteiger partial charge in [-0.15, -0.1) is 11.3 Å². The number of thiazole rings is 1. The van der Waals surface area contributed by atoms with Crippen LogP contribution < -0.4 is 10.6 Å². The van der Waals surface area contributed by atoms with E-state index < -0.39 is 5.60 Å². The molecule has 7 heteroatoms. The van der Waals surface area contributed by atoms with Gasteiger partial charge in [0.05, 0.1) is 24.3 Å². The summed E-state index contributed by atoms with van der Waals surface area (Å²) in [4.78, 5) is 17.0. The summed E-state index contributed by atoms with van der Waals surface area (Å²) in [5.74, 6) is 0. The molecule has 118 valence electrons. The number of amides is 2. The van der Waals surface area contributed by atoms with E-state index >= 15 is 0 Å². The number of carbonyl (C=O) groups excluding carboxylic acids is 1. The Bertz CT molecular complexity index is 658. The van der Waals surface area contributed by atoms with Gasteiger partial charge in [0.1, 0.15) is 5.60 Å². The van der Waals surface area contributed by atoms with E-state index in [0.29, 0.717) is 17.1 Å². The number of urea groups is 1. The van der Waals surface area contributed by atoms with Crippen molar-refractivity contribution in [1.29, 1.82) is 0 Å². The Morgan fingerprint density at radius 2 is 2.14 bits per heavy atom. The molecule has 0 aliphatic rings. The van der Waals surface area contributed by atoms with E-state index in [-0.39, 0.29) is 12.6 Å². The van der Waals surface area contributed by atoms with Crippen LogP contribution in [0.5, 0.6) is 0 Å². The van der Waals surface area contributed by atoms with Crippen LogP contribution in [0, 0.1) is 6.92 Å². The molecule has 2 rings (SSSR count). The van der Waals surface area contributed by atoms with Gasteiger partial charge in [0.2, 0.25) is 0 Å². The number of hydrogen-bond acceptors (Lipinski definition) is 4. The largest absolute Gasteiger partial charge is 0.384 e. The van der Waals surface area contributed by atoms with Gasteiger partial charge in [-0.05, 0) is 19.9 Å². The average molecular weight is 340 g/mol. The fraction of sp³-hybridized carbons (Fsp3) is 0.333. The van der Waals surface area contributed by atoms with E-state index in [1.54, 1.807) is 36.7 Å². The molecule has 0 bridgehead atoms. The summed E-state index contributed by atoms with van der Waals surface area (Å²) in [7, 11) is 0. The van der Waals surface area contributed by atoms with Gasteiger partial charge in [0, 0.05) is 15.5 Å². The first kappa shape index (κ1) is 16.7. The van der Waals surface area contributed by atoms with E-state index in [1.807, 2.05) is 6.92 Å². The molecule has 5 nitrogen and oxygen atoms in total. The van der Waals surface area contributed by atoms with E-state index in [2.05, 4.69) is 15.6 Å². The number of aryl methyl sites for hydroxylation is 1. The monoisotopic (exact) mass is 339 g/mol. The zero-order valence-corrected chi connectivity index (χ0v) is 14.0. The van der Waals surface area contributed by atoms with Gasteiger partial charge in [0.25, 0.3) is 0 Å². The Kier molecular flexibility index (Phi) is 5.39. The van der Waals surface area contributed by atoms with Crippen LogP contribution in [0.2, 0.25) is 5.02 Å². The topological polar surface area (TPSA) is 74.2 Å². The molecule has 0 aliphatic heterocycles. The highest BCUT2D eigenvalue weighted by Gasteiger charge is 2.26. The molecule has 0 unspecified atom stereocenters. The van der Waals surface area contributed by atoms with Crippen LogP contribution >= 0.6 is 22.9 Å². The summed E-state index contributed by atoms with van der Waals surface area (Å²) in [6.45, 7) is 3.98. The maximum Gasteiger partial charge on any atom is 0.315 e. The van der Waals surface area contributed by atoms with Crippen LogP contribution in [0.3, 0.4) is 0 Å². The molecule has 3 N–H and O–H groups in total. The maximum absolute atomic E-state index is 11.8. The molecular formula is C15H18ClN3O2S. The Hall–Kier alpha value is -1.63. The molecule has 0 fully saturated rings. The summed E-state index contributed by atoms with van der Waals surface area (Å²) in [5.41, 5.74) is 1.99. The highest BCUT2D eigenvalue weighted by molar-refractivity contribution is 7.09. The first-order valence-corrected chi connectivity index (χ1v) is 8.04. The summed E-state index contributed by atoms with van der Waals surface area (Å²) in [6.07, 6.45) is 0. The molecule has 22 heavy (non-hydrogen) atoms. The fourth-order valence-corrected chi connectivity index (χ4v) is 3.02. The Morgan fingerprint density at radius 3 is 2.77 bits per heavy atom. The Morgan fingerprint density at radius 1 is 1.41 bits per heavy atom. The zero-order valence-electron chi connectivity index (χ0n) is 12.4. The van der Waals surface area contributed by atoms with Crippen molar-refractivity contribution in [2.24, 2.45) is 0 Å². The van der Waals surface area contributed by atoms with Crippen molar-refractivity contribution >= 4 is 29.0 Å². The van der Waals surface area contributed by atoms with E-state index in [9.17, 15) is 9.90 Å². The summed E-state index contributed by atoms with van der Waals surface area (Å²) in [5, 5.41) is 16.3. The molecule has 0 aliphatic carbocycles. The number of rotatable bonds is 5. The molecular weight excluding hydrogens is 322 g/mol. The van der Waals surface area contributed by atoms with Gasteiger partial charge in [0.15, 0.2) is 0 Å². The maximum atomic E-state index is 11.8. The number of hydrogen-bond donors (Lipinski definition) is 3. The Labute approximate surface area is 138 Å². The highest BCUT2D eigenvalue weighted by atomic mass is 35.5. The molecule has 2 amide bonds. The minimum Gasteiger partial charge on any atom is -0.384 e. The second-order valence-electron chi connectivity index (χ2n) is 5.15. The van der Waals surface area contributed by atoms with E-state index in [0.717, 1.165) is 10.6 Å². The third kappa shape index (κ3) is 4.19. The SMILES string of the molecule is Cc1ncsc1CNC(=O)NC[C@@](C)(O)c1ccccc1Cl. The molecule has 1 heterocycles. The van der Waals surface area contributed by atoms with Crippen molar-refractivity contribution in [3.05, 3.63) is 50.9 Å². The lowest BCUT2D eigenvalue weighted by Crippen LogP contribution is -2.43. The van der Waals surface area contributed by atoms with Gasteiger partial charge in [-0.3, -0.25) is 0 Å². The minimum atomic E-state index is -1.24. The van der Waals surface area contributed by atoms with E-state index in [1.165, 1.54) is 11.3 Å². The van der Waals surface area contributed by atoms with Crippen LogP contribution in [-0.2, 0) is 12.1 Å². The van der Waals surface area contributed by atoms with Crippen molar-refractivity contribution in [1.82, 2.24) is 15.6 Å². The molecule has 1 atom stereocenters. The standard InChI is InChI=1S/C15H18ClN3O2S/c1-10-13(22-9-19-10)7-17-14(20)18-8-15(2,21)11-5-3-4-6-12(11)16/h3-6,9,21H,7-8H2,1-2H3,(H2,17,18,20)/t15-/m1/s1. The predicted octanol–water partition coefficient (Wildman–Crippen LogP) is 2.81. The van der Waals surface area contributed by atoms with Gasteiger partial charge >= 0.3 is 6.03 Å². The quantitative estimate of drug-likeness (QED) is 0.784. The average Bonchev–Trinajstić information content (AvgIpc) is 2.89. The smallest absolute Gasteiger partial charge is 0.315 e. The minimum absolute atomic E-state index is 0.0598.